The van der Waals surface area contributed by atoms with Crippen molar-refractivity contribution in [3.63, 3.8) is 0 Å². The molecule has 6 nitrogen and oxygen atoms in total. The molecule has 3 aromatic rings. The highest BCUT2D eigenvalue weighted by atomic mass is 32.2. The SMILES string of the molecule is C=S1(=O)CCN(c2ccc(Cc3cnc(N4CCc5ccc(N6CCOCC6)cc5C4)s3)cc2)CC1. The van der Waals surface area contributed by atoms with E-state index in [1.165, 1.54) is 32.9 Å². The Hall–Kier alpha value is -2.55. The maximum atomic E-state index is 12.1. The lowest BCUT2D eigenvalue weighted by Gasteiger charge is -2.32. The van der Waals surface area contributed by atoms with E-state index in [-0.39, 0.29) is 0 Å². The summed E-state index contributed by atoms with van der Waals surface area (Å²) in [4.78, 5) is 13.3. The zero-order chi connectivity index (χ0) is 24.5. The van der Waals surface area contributed by atoms with E-state index in [1.54, 1.807) is 0 Å². The van der Waals surface area contributed by atoms with Crippen LogP contribution in [0.3, 0.4) is 0 Å². The smallest absolute Gasteiger partial charge is 0.185 e. The van der Waals surface area contributed by atoms with Crippen LogP contribution in [0.25, 0.3) is 0 Å². The summed E-state index contributed by atoms with van der Waals surface area (Å²) in [5.41, 5.74) is 6.70. The first kappa shape index (κ1) is 23.8. The molecule has 6 rings (SSSR count). The highest BCUT2D eigenvalue weighted by molar-refractivity contribution is 8.00. The van der Waals surface area contributed by atoms with Gasteiger partial charge in [0.15, 0.2) is 5.13 Å². The molecule has 36 heavy (non-hydrogen) atoms. The zero-order valence-electron chi connectivity index (χ0n) is 20.7. The first-order valence-electron chi connectivity index (χ1n) is 12.8. The molecule has 0 bridgehead atoms. The number of morpholine rings is 1. The van der Waals surface area contributed by atoms with Crippen molar-refractivity contribution in [2.45, 2.75) is 19.4 Å². The highest BCUT2D eigenvalue weighted by Crippen LogP contribution is 2.31. The average Bonchev–Trinajstić information content (AvgIpc) is 3.38. The fraction of sp³-hybridized carbons (Fsp3) is 0.429. The minimum Gasteiger partial charge on any atom is -0.378 e. The summed E-state index contributed by atoms with van der Waals surface area (Å²) in [6.07, 6.45) is 4.01. The molecule has 1 aromatic heterocycles. The van der Waals surface area contributed by atoms with Gasteiger partial charge in [0.1, 0.15) is 0 Å². The summed E-state index contributed by atoms with van der Waals surface area (Å²) >= 11 is 1.81. The van der Waals surface area contributed by atoms with Crippen LogP contribution in [0.4, 0.5) is 16.5 Å². The Morgan fingerprint density at radius 2 is 1.61 bits per heavy atom. The monoisotopic (exact) mass is 522 g/mol. The van der Waals surface area contributed by atoms with Crippen molar-refractivity contribution < 1.29 is 8.95 Å². The number of ether oxygens (including phenoxy) is 1. The van der Waals surface area contributed by atoms with Gasteiger partial charge in [-0.25, -0.2) is 4.98 Å². The Labute approximate surface area is 218 Å². The molecule has 0 N–H and O–H groups in total. The summed E-state index contributed by atoms with van der Waals surface area (Å²) in [6.45, 7) is 7.15. The molecule has 0 aliphatic carbocycles. The molecule has 4 heterocycles. The number of aromatic nitrogens is 1. The molecule has 3 aliphatic rings. The van der Waals surface area contributed by atoms with Gasteiger partial charge in [0, 0.05) is 79.6 Å². The lowest BCUT2D eigenvalue weighted by atomic mass is 9.99. The summed E-state index contributed by atoms with van der Waals surface area (Å²) in [5, 5.41) is 1.12. The van der Waals surface area contributed by atoms with Crippen LogP contribution in [-0.2, 0) is 33.6 Å². The molecule has 8 heteroatoms. The molecule has 0 unspecified atom stereocenters. The molecule has 0 radical (unpaired) electrons. The van der Waals surface area contributed by atoms with Crippen LogP contribution in [0.5, 0.6) is 0 Å². The largest absolute Gasteiger partial charge is 0.378 e. The lowest BCUT2D eigenvalue weighted by Crippen LogP contribution is -2.40. The van der Waals surface area contributed by atoms with Gasteiger partial charge in [0.2, 0.25) is 0 Å². The second kappa shape index (κ2) is 10.1. The second-order valence-electron chi connectivity index (χ2n) is 10.0. The molecular formula is C28H34N4O2S2. The molecule has 3 aliphatic heterocycles. The van der Waals surface area contributed by atoms with E-state index in [2.05, 4.69) is 63.0 Å². The van der Waals surface area contributed by atoms with Crippen molar-refractivity contribution in [3.05, 3.63) is 70.2 Å². The number of fused-ring (bicyclic) bond motifs is 1. The van der Waals surface area contributed by atoms with E-state index < -0.39 is 9.52 Å². The third-order valence-corrected chi connectivity index (χ3v) is 10.4. The van der Waals surface area contributed by atoms with Crippen LogP contribution in [-0.4, -0.2) is 72.5 Å². The second-order valence-corrected chi connectivity index (χ2v) is 13.9. The van der Waals surface area contributed by atoms with E-state index >= 15 is 0 Å². The number of thiazole rings is 1. The molecule has 2 fully saturated rings. The predicted molar refractivity (Wildman–Crippen MR) is 153 cm³/mol. The quantitative estimate of drug-likeness (QED) is 0.477. The number of hydrogen-bond donors (Lipinski definition) is 0. The van der Waals surface area contributed by atoms with Gasteiger partial charge in [-0.05, 0) is 62.8 Å². The number of benzene rings is 2. The third-order valence-electron chi connectivity index (χ3n) is 7.54. The third kappa shape index (κ3) is 5.26. The molecule has 0 amide bonds. The van der Waals surface area contributed by atoms with Crippen LogP contribution in [0, 0.1) is 0 Å². The van der Waals surface area contributed by atoms with Crippen molar-refractivity contribution in [2.24, 2.45) is 0 Å². The Balaban J connectivity index is 1.09. The summed E-state index contributed by atoms with van der Waals surface area (Å²) < 4.78 is 17.7. The normalized spacial score (nSPS) is 19.8. The van der Waals surface area contributed by atoms with Gasteiger partial charge in [0.05, 0.1) is 13.2 Å². The maximum absolute atomic E-state index is 12.1. The molecule has 2 saturated heterocycles. The summed E-state index contributed by atoms with van der Waals surface area (Å²) in [7, 11) is -1.86. The zero-order valence-corrected chi connectivity index (χ0v) is 22.4. The Morgan fingerprint density at radius 1 is 0.889 bits per heavy atom. The van der Waals surface area contributed by atoms with E-state index in [4.69, 9.17) is 9.72 Å². The molecule has 0 spiro atoms. The number of nitrogens with zero attached hydrogens (tertiary/aromatic N) is 4. The number of hydrogen-bond acceptors (Lipinski definition) is 7. The van der Waals surface area contributed by atoms with Crippen molar-refractivity contribution in [2.75, 3.05) is 72.1 Å². The Kier molecular flexibility index (Phi) is 6.67. The lowest BCUT2D eigenvalue weighted by molar-refractivity contribution is 0.122. The topological polar surface area (TPSA) is 48.9 Å². The molecule has 190 valence electrons. The number of anilines is 3. The highest BCUT2D eigenvalue weighted by Gasteiger charge is 2.21. The van der Waals surface area contributed by atoms with Gasteiger partial charge >= 0.3 is 0 Å². The van der Waals surface area contributed by atoms with Gasteiger partial charge in [-0.3, -0.25) is 4.21 Å². The van der Waals surface area contributed by atoms with Crippen molar-refractivity contribution in [3.8, 4) is 0 Å². The average molecular weight is 523 g/mol. The first-order chi connectivity index (χ1) is 17.5. The van der Waals surface area contributed by atoms with Gasteiger partial charge in [-0.15, -0.1) is 11.3 Å². The Morgan fingerprint density at radius 3 is 2.39 bits per heavy atom. The molecule has 0 saturated carbocycles. The van der Waals surface area contributed by atoms with E-state index in [9.17, 15) is 4.21 Å². The van der Waals surface area contributed by atoms with Crippen molar-refractivity contribution in [1.82, 2.24) is 4.98 Å². The van der Waals surface area contributed by atoms with Crippen LogP contribution in [0.15, 0.2) is 48.7 Å². The molecule has 0 atom stereocenters. The fourth-order valence-electron chi connectivity index (χ4n) is 5.30. The summed E-state index contributed by atoms with van der Waals surface area (Å²) in [6, 6.07) is 15.8. The van der Waals surface area contributed by atoms with E-state index in [1.807, 2.05) is 17.5 Å². The van der Waals surface area contributed by atoms with Gasteiger partial charge in [-0.1, -0.05) is 18.2 Å². The minimum absolute atomic E-state index is 0.688. The fourth-order valence-corrected chi connectivity index (χ4v) is 7.58. The van der Waals surface area contributed by atoms with E-state index in [0.717, 1.165) is 70.5 Å². The van der Waals surface area contributed by atoms with Crippen LogP contribution in [0.1, 0.15) is 21.6 Å². The van der Waals surface area contributed by atoms with Gasteiger partial charge in [-0.2, -0.15) is 0 Å². The van der Waals surface area contributed by atoms with Gasteiger partial charge in [0.25, 0.3) is 0 Å². The summed E-state index contributed by atoms with van der Waals surface area (Å²) in [5.74, 6) is 5.25. The minimum atomic E-state index is -1.86. The number of rotatable bonds is 5. The first-order valence-corrected chi connectivity index (χ1v) is 15.7. The van der Waals surface area contributed by atoms with Crippen LogP contribution in [0.2, 0.25) is 0 Å². The maximum Gasteiger partial charge on any atom is 0.185 e. The van der Waals surface area contributed by atoms with Crippen molar-refractivity contribution in [1.29, 1.82) is 0 Å². The van der Waals surface area contributed by atoms with Crippen molar-refractivity contribution >= 4 is 43.2 Å². The van der Waals surface area contributed by atoms with Crippen LogP contribution < -0.4 is 14.7 Å². The molecule has 2 aromatic carbocycles. The van der Waals surface area contributed by atoms with Crippen LogP contribution >= 0.6 is 11.3 Å². The van der Waals surface area contributed by atoms with Gasteiger partial charge < -0.3 is 19.4 Å². The standard InChI is InChI=1S/C28H34N4O2S2/c1-36(33)16-12-31(13-17-36)25-5-2-22(3-6-25)18-27-20-29-28(35-27)32-9-8-23-4-7-26(19-24(23)21-32)30-10-14-34-15-11-30/h2-7,19-20H,1,8-18,21H2. The van der Waals surface area contributed by atoms with E-state index in [0.29, 0.717) is 11.5 Å². The molecular weight excluding hydrogens is 488 g/mol. The Bertz CT molecular complexity index is 1300. The predicted octanol–water partition coefficient (Wildman–Crippen LogP) is 3.67.